The largest absolute Gasteiger partial charge is 0.497 e. The van der Waals surface area contributed by atoms with E-state index in [4.69, 9.17) is 4.74 Å². The van der Waals surface area contributed by atoms with Gasteiger partial charge < -0.3 is 10.1 Å². The van der Waals surface area contributed by atoms with E-state index in [1.165, 1.54) is 6.33 Å². The Morgan fingerprint density at radius 3 is 2.78 bits per heavy atom. The minimum Gasteiger partial charge on any atom is -0.497 e. The number of tetrazole rings is 1. The summed E-state index contributed by atoms with van der Waals surface area (Å²) in [7, 11) is 1.57. The summed E-state index contributed by atoms with van der Waals surface area (Å²) < 4.78 is 6.70. The van der Waals surface area contributed by atoms with Crippen molar-refractivity contribution in [3.8, 4) is 11.4 Å². The first-order valence-corrected chi connectivity index (χ1v) is 6.97. The molecule has 0 unspecified atom stereocenters. The standard InChI is InChI=1S/C16H15N5O2/c1-11-8-13(6-7-15(11)21-10-17-19-20-21)18-16(22)12-4-3-5-14(9-12)23-2/h3-10H,1-2H3,(H,18,22). The van der Waals surface area contributed by atoms with Crippen LogP contribution in [-0.4, -0.2) is 33.2 Å². The molecular weight excluding hydrogens is 294 g/mol. The second kappa shape index (κ2) is 6.27. The molecule has 0 fully saturated rings. The highest BCUT2D eigenvalue weighted by Crippen LogP contribution is 2.19. The van der Waals surface area contributed by atoms with Crippen molar-refractivity contribution < 1.29 is 9.53 Å². The van der Waals surface area contributed by atoms with E-state index in [0.29, 0.717) is 17.0 Å². The minimum atomic E-state index is -0.196. The Bertz CT molecular complexity index is 830. The molecule has 7 nitrogen and oxygen atoms in total. The van der Waals surface area contributed by atoms with Crippen molar-refractivity contribution in [1.29, 1.82) is 0 Å². The van der Waals surface area contributed by atoms with Crippen LogP contribution in [0.15, 0.2) is 48.8 Å². The van der Waals surface area contributed by atoms with E-state index in [2.05, 4.69) is 20.8 Å². The summed E-state index contributed by atoms with van der Waals surface area (Å²) in [6, 6.07) is 12.5. The first-order valence-electron chi connectivity index (χ1n) is 6.97. The van der Waals surface area contributed by atoms with Crippen LogP contribution in [0.25, 0.3) is 5.69 Å². The smallest absolute Gasteiger partial charge is 0.255 e. The number of amides is 1. The summed E-state index contributed by atoms with van der Waals surface area (Å²) in [5.74, 6) is 0.446. The molecule has 0 atom stereocenters. The number of methoxy groups -OCH3 is 1. The predicted molar refractivity (Wildman–Crippen MR) is 84.8 cm³/mol. The van der Waals surface area contributed by atoms with E-state index in [-0.39, 0.29) is 5.91 Å². The molecule has 0 bridgehead atoms. The fraction of sp³-hybridized carbons (Fsp3) is 0.125. The van der Waals surface area contributed by atoms with Gasteiger partial charge in [-0.15, -0.1) is 5.10 Å². The van der Waals surface area contributed by atoms with Gasteiger partial charge in [-0.25, -0.2) is 4.68 Å². The lowest BCUT2D eigenvalue weighted by Crippen LogP contribution is -2.12. The fourth-order valence-electron chi connectivity index (χ4n) is 2.23. The van der Waals surface area contributed by atoms with Crippen LogP contribution in [0.3, 0.4) is 0 Å². The third-order valence-electron chi connectivity index (χ3n) is 3.38. The molecule has 0 aliphatic rings. The molecule has 0 spiro atoms. The topological polar surface area (TPSA) is 81.9 Å². The molecule has 0 aliphatic carbocycles. The lowest BCUT2D eigenvalue weighted by molar-refractivity contribution is 0.102. The second-order valence-corrected chi connectivity index (χ2v) is 4.94. The van der Waals surface area contributed by atoms with Crippen molar-refractivity contribution >= 4 is 11.6 Å². The van der Waals surface area contributed by atoms with Crippen LogP contribution in [0.4, 0.5) is 5.69 Å². The number of rotatable bonds is 4. The van der Waals surface area contributed by atoms with Gasteiger partial charge in [-0.2, -0.15) is 0 Å². The fourth-order valence-corrected chi connectivity index (χ4v) is 2.23. The van der Waals surface area contributed by atoms with Gasteiger partial charge in [-0.05, 0) is 59.3 Å². The molecule has 1 N–H and O–H groups in total. The monoisotopic (exact) mass is 309 g/mol. The number of nitrogens with one attached hydrogen (secondary N) is 1. The van der Waals surface area contributed by atoms with Crippen LogP contribution in [0.2, 0.25) is 0 Å². The summed E-state index contributed by atoms with van der Waals surface area (Å²) >= 11 is 0. The summed E-state index contributed by atoms with van der Waals surface area (Å²) in [5.41, 5.74) is 3.04. The van der Waals surface area contributed by atoms with E-state index in [1.807, 2.05) is 25.1 Å². The molecule has 116 valence electrons. The highest BCUT2D eigenvalue weighted by atomic mass is 16.5. The minimum absolute atomic E-state index is 0.196. The highest BCUT2D eigenvalue weighted by molar-refractivity contribution is 6.04. The summed E-state index contributed by atoms with van der Waals surface area (Å²) in [5, 5.41) is 14.0. The Morgan fingerprint density at radius 1 is 1.22 bits per heavy atom. The number of carbonyl (C=O) groups is 1. The van der Waals surface area contributed by atoms with E-state index in [9.17, 15) is 4.79 Å². The van der Waals surface area contributed by atoms with Crippen LogP contribution < -0.4 is 10.1 Å². The Morgan fingerprint density at radius 2 is 2.09 bits per heavy atom. The van der Waals surface area contributed by atoms with Gasteiger partial charge >= 0.3 is 0 Å². The first kappa shape index (κ1) is 14.7. The normalized spacial score (nSPS) is 10.3. The third-order valence-corrected chi connectivity index (χ3v) is 3.38. The van der Waals surface area contributed by atoms with Gasteiger partial charge in [0.2, 0.25) is 0 Å². The first-order chi connectivity index (χ1) is 11.2. The van der Waals surface area contributed by atoms with Crippen molar-refractivity contribution in [3.63, 3.8) is 0 Å². The molecule has 2 aromatic carbocycles. The van der Waals surface area contributed by atoms with E-state index in [0.717, 1.165) is 11.3 Å². The molecule has 0 saturated heterocycles. The molecule has 23 heavy (non-hydrogen) atoms. The van der Waals surface area contributed by atoms with Gasteiger partial charge in [0.1, 0.15) is 12.1 Å². The van der Waals surface area contributed by atoms with Crippen LogP contribution in [-0.2, 0) is 0 Å². The van der Waals surface area contributed by atoms with E-state index in [1.54, 1.807) is 36.1 Å². The number of anilines is 1. The van der Waals surface area contributed by atoms with Crippen LogP contribution in [0.1, 0.15) is 15.9 Å². The van der Waals surface area contributed by atoms with Crippen molar-refractivity contribution in [2.24, 2.45) is 0 Å². The van der Waals surface area contributed by atoms with Gasteiger partial charge in [0, 0.05) is 11.3 Å². The van der Waals surface area contributed by atoms with Crippen molar-refractivity contribution in [3.05, 3.63) is 59.9 Å². The lowest BCUT2D eigenvalue weighted by Gasteiger charge is -2.10. The number of hydrogen-bond donors (Lipinski definition) is 1. The number of ether oxygens (including phenoxy) is 1. The maximum absolute atomic E-state index is 12.3. The molecule has 7 heteroatoms. The molecule has 1 aromatic heterocycles. The molecule has 0 aliphatic heterocycles. The van der Waals surface area contributed by atoms with Crippen LogP contribution >= 0.6 is 0 Å². The number of aromatic nitrogens is 4. The highest BCUT2D eigenvalue weighted by Gasteiger charge is 2.09. The van der Waals surface area contributed by atoms with Crippen molar-refractivity contribution in [1.82, 2.24) is 20.2 Å². The molecule has 3 aromatic rings. The van der Waals surface area contributed by atoms with Crippen molar-refractivity contribution in [2.45, 2.75) is 6.92 Å². The van der Waals surface area contributed by atoms with Crippen LogP contribution in [0.5, 0.6) is 5.75 Å². The zero-order valence-corrected chi connectivity index (χ0v) is 12.7. The molecule has 1 heterocycles. The third kappa shape index (κ3) is 3.18. The van der Waals surface area contributed by atoms with E-state index < -0.39 is 0 Å². The Hall–Kier alpha value is -3.22. The average molecular weight is 309 g/mol. The summed E-state index contributed by atoms with van der Waals surface area (Å²) in [6.45, 7) is 1.93. The van der Waals surface area contributed by atoms with Gasteiger partial charge in [-0.3, -0.25) is 4.79 Å². The number of aryl methyl sites for hydroxylation is 1. The maximum atomic E-state index is 12.3. The van der Waals surface area contributed by atoms with Crippen molar-refractivity contribution in [2.75, 3.05) is 12.4 Å². The summed E-state index contributed by atoms with van der Waals surface area (Å²) in [4.78, 5) is 12.3. The maximum Gasteiger partial charge on any atom is 0.255 e. The zero-order chi connectivity index (χ0) is 16.2. The molecule has 0 saturated carbocycles. The predicted octanol–water partition coefficient (Wildman–Crippen LogP) is 2.23. The molecule has 0 radical (unpaired) electrons. The Labute approximate surface area is 132 Å². The van der Waals surface area contributed by atoms with Gasteiger partial charge in [0.15, 0.2) is 0 Å². The number of carbonyl (C=O) groups excluding carboxylic acids is 1. The van der Waals surface area contributed by atoms with Gasteiger partial charge in [0.25, 0.3) is 5.91 Å². The lowest BCUT2D eigenvalue weighted by atomic mass is 10.1. The number of hydrogen-bond acceptors (Lipinski definition) is 5. The number of nitrogens with zero attached hydrogens (tertiary/aromatic N) is 4. The zero-order valence-electron chi connectivity index (χ0n) is 12.7. The molecular formula is C16H15N5O2. The Balaban J connectivity index is 1.80. The summed E-state index contributed by atoms with van der Waals surface area (Å²) in [6.07, 6.45) is 1.52. The molecule has 3 rings (SSSR count). The van der Waals surface area contributed by atoms with Crippen LogP contribution in [0, 0.1) is 6.92 Å². The van der Waals surface area contributed by atoms with Gasteiger partial charge in [0.05, 0.1) is 12.8 Å². The average Bonchev–Trinajstić information content (AvgIpc) is 3.09. The quantitative estimate of drug-likeness (QED) is 0.799. The molecule has 1 amide bonds. The van der Waals surface area contributed by atoms with E-state index >= 15 is 0 Å². The second-order valence-electron chi connectivity index (χ2n) is 4.94. The Kier molecular flexibility index (Phi) is 4.01. The number of benzene rings is 2. The van der Waals surface area contributed by atoms with Gasteiger partial charge in [-0.1, -0.05) is 6.07 Å². The SMILES string of the molecule is COc1cccc(C(=O)Nc2ccc(-n3cnnn3)c(C)c2)c1.